The van der Waals surface area contributed by atoms with E-state index in [9.17, 15) is 9.59 Å². The molecule has 0 saturated carbocycles. The van der Waals surface area contributed by atoms with Crippen molar-refractivity contribution in [1.82, 2.24) is 20.1 Å². The molecule has 8 nitrogen and oxygen atoms in total. The summed E-state index contributed by atoms with van der Waals surface area (Å²) in [4.78, 5) is 30.8. The first-order valence-corrected chi connectivity index (χ1v) is 12.5. The molecule has 8 heteroatoms. The molecule has 2 heterocycles. The number of pyridine rings is 1. The van der Waals surface area contributed by atoms with Crippen LogP contribution in [0.25, 0.3) is 5.69 Å². The number of nitrogens with one attached hydrogen (secondary N) is 2. The highest BCUT2D eigenvalue weighted by Crippen LogP contribution is 2.31. The van der Waals surface area contributed by atoms with Crippen LogP contribution in [0.1, 0.15) is 27.2 Å². The normalized spacial score (nSPS) is 10.6. The van der Waals surface area contributed by atoms with Crippen molar-refractivity contribution < 1.29 is 9.53 Å². The van der Waals surface area contributed by atoms with Crippen molar-refractivity contribution >= 4 is 17.3 Å². The van der Waals surface area contributed by atoms with Gasteiger partial charge in [-0.1, -0.05) is 42.5 Å². The topological polar surface area (TPSA) is 98.1 Å². The Morgan fingerprint density at radius 3 is 2.49 bits per heavy atom. The Kier molecular flexibility index (Phi) is 7.45. The van der Waals surface area contributed by atoms with Gasteiger partial charge in [-0.25, -0.2) is 0 Å². The van der Waals surface area contributed by atoms with Gasteiger partial charge in [0.2, 0.25) is 0 Å². The van der Waals surface area contributed by atoms with E-state index in [1.165, 1.54) is 10.9 Å². The first kappa shape index (κ1) is 25.4. The number of anilines is 2. The van der Waals surface area contributed by atoms with Gasteiger partial charge in [-0.2, -0.15) is 9.78 Å². The van der Waals surface area contributed by atoms with Crippen molar-refractivity contribution in [3.63, 3.8) is 0 Å². The molecule has 0 fully saturated rings. The number of hydrogen-bond donors (Lipinski definition) is 2. The number of carbonyl (C=O) groups is 1. The maximum Gasteiger partial charge on any atom is 0.299 e. The molecule has 39 heavy (non-hydrogen) atoms. The standard InChI is InChI=1S/C31H27N5O3/c1-21-10-8-16-27(22(21)2)39-28-20-34-36(26-14-4-3-5-15-26)31(38)29(28)35-24-13-9-11-23(18-24)30(37)33-19-25-12-6-7-17-32-25/h3-18,20,35H,19H2,1-2H3,(H,33,37). The minimum absolute atomic E-state index is 0.195. The molecule has 0 aliphatic heterocycles. The second-order valence-corrected chi connectivity index (χ2v) is 8.95. The van der Waals surface area contributed by atoms with Gasteiger partial charge >= 0.3 is 0 Å². The summed E-state index contributed by atoms with van der Waals surface area (Å²) in [5.41, 5.74) is 4.19. The minimum Gasteiger partial charge on any atom is -0.453 e. The second-order valence-electron chi connectivity index (χ2n) is 8.95. The predicted octanol–water partition coefficient (Wildman–Crippen LogP) is 5.71. The molecule has 5 rings (SSSR count). The van der Waals surface area contributed by atoms with Gasteiger partial charge in [-0.05, 0) is 73.5 Å². The van der Waals surface area contributed by atoms with Crippen LogP contribution < -0.4 is 20.9 Å². The monoisotopic (exact) mass is 517 g/mol. The van der Waals surface area contributed by atoms with E-state index in [0.717, 1.165) is 16.8 Å². The molecule has 0 spiro atoms. The third kappa shape index (κ3) is 5.86. The molecule has 5 aromatic rings. The molecule has 3 aromatic carbocycles. The lowest BCUT2D eigenvalue weighted by molar-refractivity contribution is 0.0950. The van der Waals surface area contributed by atoms with E-state index in [1.807, 2.05) is 68.4 Å². The van der Waals surface area contributed by atoms with Crippen LogP contribution in [0.4, 0.5) is 11.4 Å². The fraction of sp³-hybridized carbons (Fsp3) is 0.0968. The van der Waals surface area contributed by atoms with Crippen LogP contribution in [0.2, 0.25) is 0 Å². The van der Waals surface area contributed by atoms with Gasteiger partial charge < -0.3 is 15.4 Å². The highest BCUT2D eigenvalue weighted by molar-refractivity contribution is 5.95. The number of aromatic nitrogens is 3. The summed E-state index contributed by atoms with van der Waals surface area (Å²) in [7, 11) is 0. The number of rotatable bonds is 8. The Bertz CT molecular complexity index is 1670. The highest BCUT2D eigenvalue weighted by atomic mass is 16.5. The van der Waals surface area contributed by atoms with Gasteiger partial charge in [0.15, 0.2) is 11.4 Å². The largest absolute Gasteiger partial charge is 0.453 e. The molecule has 0 unspecified atom stereocenters. The number of nitrogens with zero attached hydrogens (tertiary/aromatic N) is 3. The average molecular weight is 518 g/mol. The zero-order chi connectivity index (χ0) is 27.2. The maximum atomic E-state index is 13.7. The van der Waals surface area contributed by atoms with Gasteiger partial charge in [0.05, 0.1) is 24.1 Å². The van der Waals surface area contributed by atoms with Crippen LogP contribution in [-0.4, -0.2) is 20.7 Å². The van der Waals surface area contributed by atoms with Gasteiger partial charge in [0.25, 0.3) is 11.5 Å². The van der Waals surface area contributed by atoms with Crippen molar-refractivity contribution in [2.24, 2.45) is 0 Å². The van der Waals surface area contributed by atoms with Gasteiger partial charge in [0, 0.05) is 17.4 Å². The number of ether oxygens (including phenoxy) is 1. The van der Waals surface area contributed by atoms with Gasteiger partial charge in [0.1, 0.15) is 5.75 Å². The number of benzene rings is 3. The quantitative estimate of drug-likeness (QED) is 0.274. The van der Waals surface area contributed by atoms with E-state index in [4.69, 9.17) is 4.74 Å². The number of hydrogen-bond acceptors (Lipinski definition) is 6. The molecule has 0 radical (unpaired) electrons. The van der Waals surface area contributed by atoms with E-state index in [1.54, 1.807) is 42.6 Å². The number of para-hydroxylation sites is 1. The van der Waals surface area contributed by atoms with Crippen LogP contribution in [-0.2, 0) is 6.54 Å². The minimum atomic E-state index is -0.394. The first-order valence-electron chi connectivity index (χ1n) is 12.5. The fourth-order valence-electron chi connectivity index (χ4n) is 4.00. The smallest absolute Gasteiger partial charge is 0.299 e. The fourth-order valence-corrected chi connectivity index (χ4v) is 4.00. The van der Waals surface area contributed by atoms with Crippen molar-refractivity contribution in [2.75, 3.05) is 5.32 Å². The second kappa shape index (κ2) is 11.4. The molecule has 1 amide bonds. The van der Waals surface area contributed by atoms with E-state index >= 15 is 0 Å². The Balaban J connectivity index is 1.48. The van der Waals surface area contributed by atoms with E-state index in [2.05, 4.69) is 20.7 Å². The van der Waals surface area contributed by atoms with Gasteiger partial charge in [-0.3, -0.25) is 14.6 Å². The van der Waals surface area contributed by atoms with Crippen LogP contribution in [0, 0.1) is 13.8 Å². The Morgan fingerprint density at radius 1 is 0.897 bits per heavy atom. The summed E-state index contributed by atoms with van der Waals surface area (Å²) in [6, 6.07) is 27.4. The van der Waals surface area contributed by atoms with Crippen molar-refractivity contribution in [1.29, 1.82) is 0 Å². The van der Waals surface area contributed by atoms with Crippen LogP contribution in [0.15, 0.2) is 108 Å². The molecule has 0 bridgehead atoms. The van der Waals surface area contributed by atoms with Crippen molar-refractivity contribution in [2.45, 2.75) is 20.4 Å². The molecule has 2 aromatic heterocycles. The van der Waals surface area contributed by atoms with E-state index in [0.29, 0.717) is 29.2 Å². The molecule has 0 aliphatic rings. The maximum absolute atomic E-state index is 13.7. The van der Waals surface area contributed by atoms with Crippen LogP contribution >= 0.6 is 0 Å². The summed E-state index contributed by atoms with van der Waals surface area (Å²) in [6.07, 6.45) is 3.20. The lowest BCUT2D eigenvalue weighted by atomic mass is 10.1. The zero-order valence-electron chi connectivity index (χ0n) is 21.6. The van der Waals surface area contributed by atoms with Gasteiger partial charge in [-0.15, -0.1) is 0 Å². The number of aryl methyl sites for hydroxylation is 1. The zero-order valence-corrected chi connectivity index (χ0v) is 21.6. The summed E-state index contributed by atoms with van der Waals surface area (Å²) in [6.45, 7) is 4.26. The highest BCUT2D eigenvalue weighted by Gasteiger charge is 2.17. The van der Waals surface area contributed by atoms with E-state index < -0.39 is 5.56 Å². The molecule has 0 saturated heterocycles. The third-order valence-electron chi connectivity index (χ3n) is 6.27. The SMILES string of the molecule is Cc1cccc(Oc2cnn(-c3ccccc3)c(=O)c2Nc2cccc(C(=O)NCc3ccccn3)c2)c1C. The van der Waals surface area contributed by atoms with Crippen molar-refractivity contribution in [3.05, 3.63) is 136 Å². The summed E-state index contributed by atoms with van der Waals surface area (Å²) in [5, 5.41) is 10.4. The lowest BCUT2D eigenvalue weighted by Crippen LogP contribution is -2.24. The Labute approximate surface area is 225 Å². The molecule has 194 valence electrons. The van der Waals surface area contributed by atoms with Crippen LogP contribution in [0.5, 0.6) is 11.5 Å². The molecule has 0 aliphatic carbocycles. The Morgan fingerprint density at radius 2 is 1.69 bits per heavy atom. The predicted molar refractivity (Wildman–Crippen MR) is 151 cm³/mol. The molecular formula is C31H27N5O3. The lowest BCUT2D eigenvalue weighted by Gasteiger charge is -2.16. The first-order chi connectivity index (χ1) is 19.0. The number of carbonyl (C=O) groups excluding carboxylic acids is 1. The van der Waals surface area contributed by atoms with Crippen molar-refractivity contribution in [3.8, 4) is 17.2 Å². The van der Waals surface area contributed by atoms with E-state index in [-0.39, 0.29) is 17.3 Å². The van der Waals surface area contributed by atoms with Crippen LogP contribution in [0.3, 0.4) is 0 Å². The molecular weight excluding hydrogens is 490 g/mol. The summed E-state index contributed by atoms with van der Waals surface area (Å²) < 4.78 is 7.51. The average Bonchev–Trinajstić information content (AvgIpc) is 2.97. The number of amides is 1. The summed E-state index contributed by atoms with van der Waals surface area (Å²) in [5.74, 6) is 0.637. The third-order valence-corrected chi connectivity index (χ3v) is 6.27. The summed E-state index contributed by atoms with van der Waals surface area (Å²) >= 11 is 0. The molecule has 2 N–H and O–H groups in total. The molecule has 0 atom stereocenters. The Hall–Kier alpha value is -5.24.